The molecule has 28 heavy (non-hydrogen) atoms. The largest absolute Gasteiger partial charge is 0.491 e. The van der Waals surface area contributed by atoms with Gasteiger partial charge in [-0.15, -0.1) is 0 Å². The predicted molar refractivity (Wildman–Crippen MR) is 107 cm³/mol. The minimum atomic E-state index is -0.386. The molecule has 6 nitrogen and oxygen atoms in total. The lowest BCUT2D eigenvalue weighted by molar-refractivity contribution is -0.121. The molecule has 1 aromatic carbocycles. The molecule has 0 spiro atoms. The molecule has 0 aliphatic carbocycles. The van der Waals surface area contributed by atoms with Gasteiger partial charge in [0.1, 0.15) is 11.3 Å². The number of pyridine rings is 1. The van der Waals surface area contributed by atoms with Crippen molar-refractivity contribution in [3.05, 3.63) is 69.8 Å². The van der Waals surface area contributed by atoms with E-state index in [2.05, 4.69) is 10.3 Å². The van der Waals surface area contributed by atoms with Crippen LogP contribution in [0.4, 0.5) is 0 Å². The number of fused-ring (bicyclic) bond motifs is 1. The van der Waals surface area contributed by atoms with Gasteiger partial charge in [0, 0.05) is 42.9 Å². The summed E-state index contributed by atoms with van der Waals surface area (Å²) in [6.45, 7) is 6.18. The Morgan fingerprint density at radius 1 is 1.29 bits per heavy atom. The summed E-state index contributed by atoms with van der Waals surface area (Å²) in [4.78, 5) is 28.0. The molecule has 0 saturated heterocycles. The van der Waals surface area contributed by atoms with Gasteiger partial charge in [0.25, 0.3) is 0 Å². The Balaban J connectivity index is 1.76. The molecule has 3 aromatic rings. The van der Waals surface area contributed by atoms with Crippen molar-refractivity contribution in [1.29, 1.82) is 0 Å². The van der Waals surface area contributed by atoms with Crippen molar-refractivity contribution in [3.8, 4) is 5.75 Å². The van der Waals surface area contributed by atoms with Gasteiger partial charge in [-0.2, -0.15) is 0 Å². The van der Waals surface area contributed by atoms with Crippen LogP contribution in [0.3, 0.4) is 0 Å². The maximum atomic E-state index is 12.3. The fourth-order valence-corrected chi connectivity index (χ4v) is 2.99. The number of aryl methyl sites for hydroxylation is 2. The molecule has 2 heterocycles. The number of ether oxygens (including phenoxy) is 1. The van der Waals surface area contributed by atoms with Crippen LogP contribution in [0, 0.1) is 6.92 Å². The molecule has 0 aliphatic heterocycles. The van der Waals surface area contributed by atoms with E-state index in [0.717, 1.165) is 22.1 Å². The zero-order valence-electron chi connectivity index (χ0n) is 16.3. The predicted octanol–water partition coefficient (Wildman–Crippen LogP) is 3.53. The molecular weight excluding hydrogens is 356 g/mol. The first kappa shape index (κ1) is 19.6. The summed E-state index contributed by atoms with van der Waals surface area (Å²) in [5.41, 5.74) is 2.81. The van der Waals surface area contributed by atoms with E-state index in [-0.39, 0.29) is 17.6 Å². The van der Waals surface area contributed by atoms with Gasteiger partial charge in [-0.3, -0.25) is 9.78 Å². The number of carbonyl (C=O) groups is 1. The summed E-state index contributed by atoms with van der Waals surface area (Å²) in [5, 5.41) is 3.75. The molecule has 0 atom stereocenters. The summed E-state index contributed by atoms with van der Waals surface area (Å²) in [5.74, 6) is 0.590. The smallest absolute Gasteiger partial charge is 0.336 e. The molecular formula is C22H24N2O4. The zero-order valence-corrected chi connectivity index (χ0v) is 16.3. The number of amides is 1. The van der Waals surface area contributed by atoms with Crippen LogP contribution in [0.25, 0.3) is 11.0 Å². The number of aromatic nitrogens is 1. The molecule has 6 heteroatoms. The molecule has 0 unspecified atom stereocenters. The summed E-state index contributed by atoms with van der Waals surface area (Å²) in [6.07, 6.45) is 4.25. The number of nitrogens with one attached hydrogen (secondary N) is 1. The molecule has 0 aliphatic rings. The van der Waals surface area contributed by atoms with Crippen LogP contribution in [0.15, 0.2) is 51.9 Å². The minimum Gasteiger partial charge on any atom is -0.491 e. The maximum Gasteiger partial charge on any atom is 0.336 e. The van der Waals surface area contributed by atoms with Crippen molar-refractivity contribution in [1.82, 2.24) is 10.3 Å². The third-order valence-electron chi connectivity index (χ3n) is 4.33. The maximum absolute atomic E-state index is 12.3. The molecule has 0 bridgehead atoms. The highest BCUT2D eigenvalue weighted by molar-refractivity contribution is 5.83. The SMILES string of the molecule is Cc1cc(=O)oc2cc(OC(C)C)c(CCC(=O)NCc3cccnc3)cc12. The van der Waals surface area contributed by atoms with Gasteiger partial charge < -0.3 is 14.5 Å². The Bertz CT molecular complexity index is 1030. The average Bonchev–Trinajstić information content (AvgIpc) is 2.65. The molecule has 0 radical (unpaired) electrons. The minimum absolute atomic E-state index is 0.0351. The van der Waals surface area contributed by atoms with Crippen LogP contribution in [0.2, 0.25) is 0 Å². The second kappa shape index (κ2) is 8.69. The molecule has 0 fully saturated rings. The monoisotopic (exact) mass is 380 g/mol. The van der Waals surface area contributed by atoms with E-state index in [1.165, 1.54) is 6.07 Å². The third kappa shape index (κ3) is 4.97. The number of benzene rings is 1. The lowest BCUT2D eigenvalue weighted by Crippen LogP contribution is -2.23. The Kier molecular flexibility index (Phi) is 6.09. The van der Waals surface area contributed by atoms with E-state index in [9.17, 15) is 9.59 Å². The normalized spacial score (nSPS) is 11.0. The molecule has 1 N–H and O–H groups in total. The van der Waals surface area contributed by atoms with Crippen LogP contribution in [-0.4, -0.2) is 17.0 Å². The van der Waals surface area contributed by atoms with Gasteiger partial charge in [-0.25, -0.2) is 4.79 Å². The van der Waals surface area contributed by atoms with Gasteiger partial charge in [0.15, 0.2) is 0 Å². The Morgan fingerprint density at radius 3 is 2.82 bits per heavy atom. The first-order valence-electron chi connectivity index (χ1n) is 9.32. The average molecular weight is 380 g/mol. The van der Waals surface area contributed by atoms with Crippen LogP contribution in [0.1, 0.15) is 37.0 Å². The third-order valence-corrected chi connectivity index (χ3v) is 4.33. The standard InChI is InChI=1S/C22H24N2O4/c1-14(2)27-19-11-20-18(15(3)9-22(26)28-20)10-17(19)6-7-21(25)24-13-16-5-4-8-23-12-16/h4-5,8-12,14H,6-7,13H2,1-3H3,(H,24,25). The van der Waals surface area contributed by atoms with Crippen LogP contribution in [0.5, 0.6) is 5.75 Å². The Hall–Kier alpha value is -3.15. The molecule has 2 aromatic heterocycles. The number of nitrogens with zero attached hydrogens (tertiary/aromatic N) is 1. The van der Waals surface area contributed by atoms with Gasteiger partial charge in [0.05, 0.1) is 6.10 Å². The number of rotatable bonds is 7. The van der Waals surface area contributed by atoms with Gasteiger partial charge in [0.2, 0.25) is 5.91 Å². The number of hydrogen-bond donors (Lipinski definition) is 1. The summed E-state index contributed by atoms with van der Waals surface area (Å²) in [6, 6.07) is 8.91. The Morgan fingerprint density at radius 2 is 2.11 bits per heavy atom. The quantitative estimate of drug-likeness (QED) is 0.634. The van der Waals surface area contributed by atoms with E-state index in [4.69, 9.17) is 9.15 Å². The van der Waals surface area contributed by atoms with Crippen LogP contribution in [-0.2, 0) is 17.8 Å². The van der Waals surface area contributed by atoms with Crippen molar-refractivity contribution in [2.75, 3.05) is 0 Å². The summed E-state index contributed by atoms with van der Waals surface area (Å²) < 4.78 is 11.2. The lowest BCUT2D eigenvalue weighted by atomic mass is 10.0. The summed E-state index contributed by atoms with van der Waals surface area (Å²) >= 11 is 0. The summed E-state index contributed by atoms with van der Waals surface area (Å²) in [7, 11) is 0. The van der Waals surface area contributed by atoms with Gasteiger partial charge in [-0.1, -0.05) is 6.07 Å². The first-order valence-corrected chi connectivity index (χ1v) is 9.32. The van der Waals surface area contributed by atoms with E-state index in [0.29, 0.717) is 30.7 Å². The molecule has 0 saturated carbocycles. The van der Waals surface area contributed by atoms with Crippen molar-refractivity contribution in [2.24, 2.45) is 0 Å². The lowest BCUT2D eigenvalue weighted by Gasteiger charge is -2.16. The van der Waals surface area contributed by atoms with Gasteiger partial charge >= 0.3 is 5.63 Å². The number of carbonyl (C=O) groups excluding carboxylic acids is 1. The van der Waals surface area contributed by atoms with Crippen molar-refractivity contribution >= 4 is 16.9 Å². The van der Waals surface area contributed by atoms with Crippen LogP contribution < -0.4 is 15.7 Å². The van der Waals surface area contributed by atoms with Crippen molar-refractivity contribution < 1.29 is 13.9 Å². The van der Waals surface area contributed by atoms with E-state index in [1.807, 2.05) is 39.0 Å². The van der Waals surface area contributed by atoms with Crippen molar-refractivity contribution in [3.63, 3.8) is 0 Å². The van der Waals surface area contributed by atoms with Crippen LogP contribution >= 0.6 is 0 Å². The second-order valence-electron chi connectivity index (χ2n) is 7.01. The topological polar surface area (TPSA) is 81.4 Å². The van der Waals surface area contributed by atoms with E-state index >= 15 is 0 Å². The molecule has 3 rings (SSSR count). The highest BCUT2D eigenvalue weighted by Crippen LogP contribution is 2.29. The van der Waals surface area contributed by atoms with Crippen molar-refractivity contribution in [2.45, 2.75) is 46.3 Å². The highest BCUT2D eigenvalue weighted by Gasteiger charge is 2.13. The molecule has 146 valence electrons. The Labute approximate surface area is 163 Å². The molecule has 1 amide bonds. The first-order chi connectivity index (χ1) is 13.4. The van der Waals surface area contributed by atoms with E-state index in [1.54, 1.807) is 18.5 Å². The van der Waals surface area contributed by atoms with E-state index < -0.39 is 0 Å². The second-order valence-corrected chi connectivity index (χ2v) is 7.01. The highest BCUT2D eigenvalue weighted by atomic mass is 16.5. The van der Waals surface area contributed by atoms with Gasteiger partial charge in [-0.05, 0) is 56.0 Å². The number of hydrogen-bond acceptors (Lipinski definition) is 5. The fourth-order valence-electron chi connectivity index (χ4n) is 2.99. The fraction of sp³-hybridized carbons (Fsp3) is 0.318. The zero-order chi connectivity index (χ0) is 20.1.